The summed E-state index contributed by atoms with van der Waals surface area (Å²) in [6, 6.07) is 10.7. The third-order valence-corrected chi connectivity index (χ3v) is 3.75. The number of carbonyl (C=O) groups is 2. The van der Waals surface area contributed by atoms with Crippen LogP contribution in [0.1, 0.15) is 22.3 Å². The molecule has 24 heavy (non-hydrogen) atoms. The molecule has 0 fully saturated rings. The summed E-state index contributed by atoms with van der Waals surface area (Å²) in [6.45, 7) is 7.82. The van der Waals surface area contributed by atoms with Crippen LogP contribution in [0.4, 0.5) is 0 Å². The molecule has 0 amide bonds. The van der Waals surface area contributed by atoms with Crippen LogP contribution in [-0.2, 0) is 9.59 Å². The third-order valence-electron chi connectivity index (χ3n) is 3.75. The zero-order valence-corrected chi connectivity index (χ0v) is 14.3. The Morgan fingerprint density at radius 1 is 0.667 bits per heavy atom. The van der Waals surface area contributed by atoms with Crippen molar-refractivity contribution < 1.29 is 19.1 Å². The van der Waals surface area contributed by atoms with Gasteiger partial charge in [-0.05, 0) is 74.2 Å². The molecule has 0 saturated heterocycles. The largest absolute Gasteiger partial charge is 0.423 e. The molecule has 2 aromatic carbocycles. The molecule has 0 heterocycles. The minimum Gasteiger partial charge on any atom is -0.423 e. The average molecular weight is 324 g/mol. The normalized spacial score (nSPS) is 10.7. The molecule has 0 saturated carbocycles. The first-order valence-electron chi connectivity index (χ1n) is 7.61. The fourth-order valence-corrected chi connectivity index (χ4v) is 1.99. The Bertz CT molecular complexity index is 736. The highest BCUT2D eigenvalue weighted by Gasteiger charge is 2.06. The van der Waals surface area contributed by atoms with Gasteiger partial charge in [-0.3, -0.25) is 0 Å². The van der Waals surface area contributed by atoms with E-state index in [4.69, 9.17) is 9.47 Å². The number of ether oxygens (including phenoxy) is 2. The molecule has 4 nitrogen and oxygen atoms in total. The standard InChI is InChI=1S/C20H20O4/c1-13-5-7-17(11-15(13)3)23-19(21)9-10-20(22)24-18-8-6-14(2)16(4)12-18/h5-12H,1-4H3. The molecule has 0 N–H and O–H groups in total. The van der Waals surface area contributed by atoms with Crippen LogP contribution in [0, 0.1) is 27.7 Å². The average Bonchev–Trinajstić information content (AvgIpc) is 2.53. The van der Waals surface area contributed by atoms with Crippen molar-refractivity contribution in [3.63, 3.8) is 0 Å². The lowest BCUT2D eigenvalue weighted by molar-refractivity contribution is -0.131. The molecule has 4 heteroatoms. The predicted octanol–water partition coefficient (Wildman–Crippen LogP) is 3.99. The second-order valence-electron chi connectivity index (χ2n) is 5.67. The summed E-state index contributed by atoms with van der Waals surface area (Å²) in [7, 11) is 0. The third kappa shape index (κ3) is 4.81. The SMILES string of the molecule is Cc1ccc(OC(=O)C=CC(=O)Oc2ccc(C)c(C)c2)cc1C. The van der Waals surface area contributed by atoms with Gasteiger partial charge in [0.05, 0.1) is 0 Å². The molecule has 0 aliphatic carbocycles. The molecule has 124 valence electrons. The predicted molar refractivity (Wildman–Crippen MR) is 92.2 cm³/mol. The maximum atomic E-state index is 11.7. The van der Waals surface area contributed by atoms with E-state index in [1.165, 1.54) is 0 Å². The van der Waals surface area contributed by atoms with Gasteiger partial charge >= 0.3 is 11.9 Å². The maximum Gasteiger partial charge on any atom is 0.336 e. The molecule has 0 aliphatic heterocycles. The highest BCUT2D eigenvalue weighted by Crippen LogP contribution is 2.17. The van der Waals surface area contributed by atoms with Gasteiger partial charge in [-0.2, -0.15) is 0 Å². The summed E-state index contributed by atoms with van der Waals surface area (Å²) in [5.74, 6) is -0.379. The monoisotopic (exact) mass is 324 g/mol. The molecule has 0 spiro atoms. The van der Waals surface area contributed by atoms with Crippen LogP contribution in [0.5, 0.6) is 11.5 Å². The van der Waals surface area contributed by atoms with Crippen LogP contribution in [0.25, 0.3) is 0 Å². The maximum absolute atomic E-state index is 11.7. The minimum atomic E-state index is -0.629. The van der Waals surface area contributed by atoms with Gasteiger partial charge < -0.3 is 9.47 Å². The molecule has 2 rings (SSSR count). The van der Waals surface area contributed by atoms with Crippen LogP contribution in [-0.4, -0.2) is 11.9 Å². The summed E-state index contributed by atoms with van der Waals surface area (Å²) in [4.78, 5) is 23.5. The van der Waals surface area contributed by atoms with Crippen molar-refractivity contribution in [3.05, 3.63) is 70.8 Å². The molecule has 0 aromatic heterocycles. The van der Waals surface area contributed by atoms with Gasteiger partial charge in [0.2, 0.25) is 0 Å². The zero-order chi connectivity index (χ0) is 17.7. The molecule has 0 bridgehead atoms. The highest BCUT2D eigenvalue weighted by molar-refractivity contribution is 5.93. The first-order valence-corrected chi connectivity index (χ1v) is 7.61. The van der Waals surface area contributed by atoms with E-state index in [0.717, 1.165) is 34.4 Å². The van der Waals surface area contributed by atoms with E-state index in [1.807, 2.05) is 39.8 Å². The Hall–Kier alpha value is -2.88. The number of benzene rings is 2. The lowest BCUT2D eigenvalue weighted by atomic mass is 10.1. The van der Waals surface area contributed by atoms with Gasteiger partial charge in [0.25, 0.3) is 0 Å². The van der Waals surface area contributed by atoms with Crippen molar-refractivity contribution in [3.8, 4) is 11.5 Å². The van der Waals surface area contributed by atoms with E-state index in [1.54, 1.807) is 24.3 Å². The van der Waals surface area contributed by atoms with Gasteiger partial charge in [0.15, 0.2) is 0 Å². The topological polar surface area (TPSA) is 52.6 Å². The fraction of sp³-hybridized carbons (Fsp3) is 0.200. The Morgan fingerprint density at radius 2 is 1.04 bits per heavy atom. The second-order valence-corrected chi connectivity index (χ2v) is 5.67. The highest BCUT2D eigenvalue weighted by atomic mass is 16.5. The van der Waals surface area contributed by atoms with E-state index in [2.05, 4.69) is 0 Å². The summed E-state index contributed by atoms with van der Waals surface area (Å²) in [5.41, 5.74) is 4.28. The number of hydrogen-bond donors (Lipinski definition) is 0. The van der Waals surface area contributed by atoms with Gasteiger partial charge in [-0.25, -0.2) is 9.59 Å². The van der Waals surface area contributed by atoms with Crippen molar-refractivity contribution in [1.82, 2.24) is 0 Å². The van der Waals surface area contributed by atoms with Gasteiger partial charge in [0.1, 0.15) is 11.5 Å². The van der Waals surface area contributed by atoms with Gasteiger partial charge in [-0.15, -0.1) is 0 Å². The van der Waals surface area contributed by atoms with Crippen molar-refractivity contribution in [2.75, 3.05) is 0 Å². The summed E-state index contributed by atoms with van der Waals surface area (Å²) >= 11 is 0. The molecule has 0 aliphatic rings. The lowest BCUT2D eigenvalue weighted by Crippen LogP contribution is -2.08. The summed E-state index contributed by atoms with van der Waals surface area (Å²) in [6.07, 6.45) is 2.11. The Balaban J connectivity index is 1.93. The first-order chi connectivity index (χ1) is 11.3. The number of rotatable bonds is 4. The lowest BCUT2D eigenvalue weighted by Gasteiger charge is -2.05. The van der Waals surface area contributed by atoms with Crippen LogP contribution in [0.15, 0.2) is 48.6 Å². The number of aryl methyl sites for hydroxylation is 4. The Morgan fingerprint density at radius 3 is 1.38 bits per heavy atom. The molecular weight excluding hydrogens is 304 g/mol. The molecule has 0 atom stereocenters. The Labute approximate surface area is 141 Å². The van der Waals surface area contributed by atoms with Crippen molar-refractivity contribution in [1.29, 1.82) is 0 Å². The smallest absolute Gasteiger partial charge is 0.336 e. The molecule has 0 unspecified atom stereocenters. The number of esters is 2. The molecular formula is C20H20O4. The van der Waals surface area contributed by atoms with E-state index in [0.29, 0.717) is 11.5 Å². The van der Waals surface area contributed by atoms with Crippen LogP contribution in [0.2, 0.25) is 0 Å². The molecule has 2 aromatic rings. The summed E-state index contributed by atoms with van der Waals surface area (Å²) < 4.78 is 10.3. The van der Waals surface area contributed by atoms with E-state index in [-0.39, 0.29) is 0 Å². The first kappa shape index (κ1) is 17.5. The van der Waals surface area contributed by atoms with Crippen molar-refractivity contribution in [2.24, 2.45) is 0 Å². The Kier molecular flexibility index (Phi) is 5.53. The fourth-order valence-electron chi connectivity index (χ4n) is 1.99. The minimum absolute atomic E-state index is 0.440. The van der Waals surface area contributed by atoms with Crippen LogP contribution in [0.3, 0.4) is 0 Å². The van der Waals surface area contributed by atoms with Crippen LogP contribution >= 0.6 is 0 Å². The van der Waals surface area contributed by atoms with E-state index >= 15 is 0 Å². The number of carbonyl (C=O) groups excluding carboxylic acids is 2. The van der Waals surface area contributed by atoms with Gasteiger partial charge in [0, 0.05) is 12.2 Å². The van der Waals surface area contributed by atoms with Gasteiger partial charge in [-0.1, -0.05) is 12.1 Å². The van der Waals surface area contributed by atoms with Crippen molar-refractivity contribution >= 4 is 11.9 Å². The quantitative estimate of drug-likeness (QED) is 0.485. The second kappa shape index (κ2) is 7.59. The number of hydrogen-bond acceptors (Lipinski definition) is 4. The van der Waals surface area contributed by atoms with E-state index in [9.17, 15) is 9.59 Å². The summed E-state index contributed by atoms with van der Waals surface area (Å²) in [5, 5.41) is 0. The van der Waals surface area contributed by atoms with Crippen LogP contribution < -0.4 is 9.47 Å². The zero-order valence-electron chi connectivity index (χ0n) is 14.3. The molecule has 0 radical (unpaired) electrons. The van der Waals surface area contributed by atoms with Crippen molar-refractivity contribution in [2.45, 2.75) is 27.7 Å². The van der Waals surface area contributed by atoms with E-state index < -0.39 is 11.9 Å².